The molecule has 82 valence electrons. The molecule has 0 saturated carbocycles. The Morgan fingerprint density at radius 2 is 1.93 bits per heavy atom. The molecule has 2 N–H and O–H groups in total. The average molecular weight is 209 g/mol. The topological polar surface area (TPSA) is 61.5 Å². The van der Waals surface area contributed by atoms with Crippen LogP contribution in [0.5, 0.6) is 0 Å². The molecule has 0 aliphatic rings. The van der Waals surface area contributed by atoms with Crippen LogP contribution in [0, 0.1) is 0 Å². The molecular formula is C11H15NO3. The third-order valence-corrected chi connectivity index (χ3v) is 1.88. The van der Waals surface area contributed by atoms with Crippen LogP contribution in [0.2, 0.25) is 0 Å². The minimum atomic E-state index is -0.253. The Labute approximate surface area is 89.0 Å². The Morgan fingerprint density at radius 1 is 1.27 bits per heavy atom. The van der Waals surface area contributed by atoms with Crippen molar-refractivity contribution in [1.29, 1.82) is 0 Å². The molecule has 0 aliphatic carbocycles. The first-order valence-corrected chi connectivity index (χ1v) is 4.71. The molecule has 1 rings (SSSR count). The third kappa shape index (κ3) is 4.46. The van der Waals surface area contributed by atoms with E-state index in [-0.39, 0.29) is 12.4 Å². The predicted octanol–water partition coefficient (Wildman–Crippen LogP) is 1.00. The molecular weight excluding hydrogens is 194 g/mol. The third-order valence-electron chi connectivity index (χ3n) is 1.88. The number of rotatable bonds is 5. The van der Waals surface area contributed by atoms with Gasteiger partial charge in [-0.25, -0.2) is 0 Å². The number of carbonyl (C=O) groups excluding carboxylic acids is 1. The Balaban J connectivity index is 2.34. The van der Waals surface area contributed by atoms with Crippen molar-refractivity contribution in [2.24, 2.45) is 0 Å². The Kier molecular flexibility index (Phi) is 4.63. The van der Waals surface area contributed by atoms with Crippen molar-refractivity contribution in [3.63, 3.8) is 0 Å². The van der Waals surface area contributed by atoms with Crippen molar-refractivity contribution in [3.05, 3.63) is 29.8 Å². The maximum absolute atomic E-state index is 11.3. The summed E-state index contributed by atoms with van der Waals surface area (Å²) in [4.78, 5) is 11.3. The van der Waals surface area contributed by atoms with Crippen LogP contribution in [0.1, 0.15) is 5.56 Å². The maximum Gasteiger partial charge on any atom is 0.310 e. The van der Waals surface area contributed by atoms with Crippen LogP contribution < -0.4 is 5.73 Å². The lowest BCUT2D eigenvalue weighted by atomic mass is 10.1. The highest BCUT2D eigenvalue weighted by Gasteiger charge is 2.03. The van der Waals surface area contributed by atoms with E-state index < -0.39 is 0 Å². The highest BCUT2D eigenvalue weighted by molar-refractivity contribution is 5.72. The lowest BCUT2D eigenvalue weighted by Gasteiger charge is -2.04. The van der Waals surface area contributed by atoms with Gasteiger partial charge in [-0.15, -0.1) is 0 Å². The fraction of sp³-hybridized carbons (Fsp3) is 0.364. The van der Waals surface area contributed by atoms with Crippen molar-refractivity contribution in [2.45, 2.75) is 6.42 Å². The molecule has 1 aromatic rings. The molecule has 0 spiro atoms. The monoisotopic (exact) mass is 209 g/mol. The Hall–Kier alpha value is -1.55. The van der Waals surface area contributed by atoms with E-state index in [1.165, 1.54) is 0 Å². The number of anilines is 1. The fourth-order valence-electron chi connectivity index (χ4n) is 1.09. The van der Waals surface area contributed by atoms with E-state index >= 15 is 0 Å². The molecule has 0 radical (unpaired) electrons. The molecule has 15 heavy (non-hydrogen) atoms. The largest absolute Gasteiger partial charge is 0.463 e. The SMILES string of the molecule is COCCOC(=O)Cc1ccc(N)cc1. The van der Waals surface area contributed by atoms with Gasteiger partial charge in [-0.3, -0.25) is 4.79 Å². The van der Waals surface area contributed by atoms with Crippen molar-refractivity contribution in [2.75, 3.05) is 26.1 Å². The predicted molar refractivity (Wildman–Crippen MR) is 57.4 cm³/mol. The summed E-state index contributed by atoms with van der Waals surface area (Å²) in [6.07, 6.45) is 0.268. The van der Waals surface area contributed by atoms with Gasteiger partial charge in [-0.1, -0.05) is 12.1 Å². The van der Waals surface area contributed by atoms with Gasteiger partial charge in [0.15, 0.2) is 0 Å². The minimum absolute atomic E-state index is 0.253. The summed E-state index contributed by atoms with van der Waals surface area (Å²) in [7, 11) is 1.56. The zero-order valence-corrected chi connectivity index (χ0v) is 8.73. The van der Waals surface area contributed by atoms with Crippen LogP contribution in [-0.2, 0) is 20.7 Å². The minimum Gasteiger partial charge on any atom is -0.463 e. The Bertz CT molecular complexity index is 308. The number of carbonyl (C=O) groups is 1. The molecule has 0 amide bonds. The van der Waals surface area contributed by atoms with Gasteiger partial charge in [-0.2, -0.15) is 0 Å². The first kappa shape index (κ1) is 11.5. The van der Waals surface area contributed by atoms with Gasteiger partial charge >= 0.3 is 5.97 Å². The lowest BCUT2D eigenvalue weighted by Crippen LogP contribution is -2.11. The van der Waals surface area contributed by atoms with Crippen LogP contribution in [0.15, 0.2) is 24.3 Å². The second kappa shape index (κ2) is 6.03. The van der Waals surface area contributed by atoms with Crippen molar-refractivity contribution < 1.29 is 14.3 Å². The smallest absolute Gasteiger partial charge is 0.310 e. The summed E-state index contributed by atoms with van der Waals surface area (Å²) in [5.41, 5.74) is 7.10. The van der Waals surface area contributed by atoms with Gasteiger partial charge in [0, 0.05) is 12.8 Å². The Morgan fingerprint density at radius 3 is 2.53 bits per heavy atom. The van der Waals surface area contributed by atoms with Crippen LogP contribution in [-0.4, -0.2) is 26.3 Å². The first-order chi connectivity index (χ1) is 7.22. The average Bonchev–Trinajstić information content (AvgIpc) is 2.22. The molecule has 0 aromatic heterocycles. The summed E-state index contributed by atoms with van der Waals surface area (Å²) >= 11 is 0. The van der Waals surface area contributed by atoms with Crippen LogP contribution >= 0.6 is 0 Å². The second-order valence-corrected chi connectivity index (χ2v) is 3.13. The normalized spacial score (nSPS) is 9.93. The van der Waals surface area contributed by atoms with E-state index in [0.717, 1.165) is 5.56 Å². The van der Waals surface area contributed by atoms with Gasteiger partial charge in [0.1, 0.15) is 6.61 Å². The number of esters is 1. The van der Waals surface area contributed by atoms with E-state index in [4.69, 9.17) is 15.2 Å². The van der Waals surface area contributed by atoms with Gasteiger partial charge < -0.3 is 15.2 Å². The standard InChI is InChI=1S/C11H15NO3/c1-14-6-7-15-11(13)8-9-2-4-10(12)5-3-9/h2-5H,6-8,12H2,1H3. The number of benzene rings is 1. The number of methoxy groups -OCH3 is 1. The molecule has 0 saturated heterocycles. The van der Waals surface area contributed by atoms with Gasteiger partial charge in [0.2, 0.25) is 0 Å². The fourth-order valence-corrected chi connectivity index (χ4v) is 1.09. The highest BCUT2D eigenvalue weighted by atomic mass is 16.6. The van der Waals surface area contributed by atoms with Crippen molar-refractivity contribution in [3.8, 4) is 0 Å². The van der Waals surface area contributed by atoms with E-state index in [1.807, 2.05) is 12.1 Å². The molecule has 0 aliphatic heterocycles. The van der Waals surface area contributed by atoms with E-state index in [1.54, 1.807) is 19.2 Å². The summed E-state index contributed by atoms with van der Waals surface area (Å²) in [6.45, 7) is 0.720. The van der Waals surface area contributed by atoms with E-state index in [9.17, 15) is 4.79 Å². The summed E-state index contributed by atoms with van der Waals surface area (Å²) in [6, 6.07) is 7.15. The number of nitrogens with two attached hydrogens (primary N) is 1. The van der Waals surface area contributed by atoms with Gasteiger partial charge in [0.05, 0.1) is 13.0 Å². The molecule has 0 unspecified atom stereocenters. The molecule has 0 heterocycles. The molecule has 4 nitrogen and oxygen atoms in total. The van der Waals surface area contributed by atoms with Crippen LogP contribution in [0.4, 0.5) is 5.69 Å². The second-order valence-electron chi connectivity index (χ2n) is 3.13. The summed E-state index contributed by atoms with van der Waals surface area (Å²) < 4.78 is 9.69. The van der Waals surface area contributed by atoms with Crippen molar-refractivity contribution >= 4 is 11.7 Å². The van der Waals surface area contributed by atoms with Gasteiger partial charge in [0.25, 0.3) is 0 Å². The molecule has 0 atom stereocenters. The number of hydrogen-bond acceptors (Lipinski definition) is 4. The number of hydrogen-bond donors (Lipinski definition) is 1. The number of ether oxygens (including phenoxy) is 2. The van der Waals surface area contributed by atoms with Crippen LogP contribution in [0.3, 0.4) is 0 Å². The summed E-state index contributed by atoms with van der Waals surface area (Å²) in [5, 5.41) is 0. The molecule has 0 bridgehead atoms. The van der Waals surface area contributed by atoms with E-state index in [2.05, 4.69) is 0 Å². The van der Waals surface area contributed by atoms with Gasteiger partial charge in [-0.05, 0) is 17.7 Å². The molecule has 1 aromatic carbocycles. The zero-order valence-electron chi connectivity index (χ0n) is 8.73. The molecule has 0 fully saturated rings. The number of nitrogen functional groups attached to an aromatic ring is 1. The lowest BCUT2D eigenvalue weighted by molar-refractivity contribution is -0.144. The first-order valence-electron chi connectivity index (χ1n) is 4.71. The quantitative estimate of drug-likeness (QED) is 0.446. The van der Waals surface area contributed by atoms with Crippen LogP contribution in [0.25, 0.3) is 0 Å². The summed E-state index contributed by atoms with van der Waals surface area (Å²) in [5.74, 6) is -0.253. The maximum atomic E-state index is 11.3. The van der Waals surface area contributed by atoms with Crippen molar-refractivity contribution in [1.82, 2.24) is 0 Å². The highest BCUT2D eigenvalue weighted by Crippen LogP contribution is 2.06. The molecule has 4 heteroatoms. The zero-order chi connectivity index (χ0) is 11.1. The van der Waals surface area contributed by atoms with E-state index in [0.29, 0.717) is 18.9 Å².